The Balaban J connectivity index is 0. The van der Waals surface area contributed by atoms with Crippen LogP contribution < -0.4 is 0 Å². The molecule has 7 heteroatoms. The maximum absolute atomic E-state index is 8.71. The van der Waals surface area contributed by atoms with Gasteiger partial charge in [0.2, 0.25) is 0 Å². The summed E-state index contributed by atoms with van der Waals surface area (Å²) in [6, 6.07) is 0. The van der Waals surface area contributed by atoms with E-state index >= 15 is 0 Å². The number of rotatable bonds is 7. The Bertz CT molecular complexity index is 91.1. The Labute approximate surface area is 80.7 Å². The summed E-state index contributed by atoms with van der Waals surface area (Å²) in [4.78, 5) is 8.76. The molecule has 0 aromatic heterocycles. The van der Waals surface area contributed by atoms with Crippen LogP contribution in [-0.2, 0) is 9.78 Å². The van der Waals surface area contributed by atoms with Gasteiger partial charge in [-0.05, 0) is 11.0 Å². The van der Waals surface area contributed by atoms with Crippen molar-refractivity contribution in [3.63, 3.8) is 0 Å². The third kappa shape index (κ3) is 9.89. The molecule has 4 N–H and O–H groups in total. The van der Waals surface area contributed by atoms with E-state index in [0.717, 1.165) is 0 Å². The summed E-state index contributed by atoms with van der Waals surface area (Å²) < 4.78 is 0. The zero-order valence-electron chi connectivity index (χ0n) is 6.59. The van der Waals surface area contributed by atoms with Crippen molar-refractivity contribution >= 4 is 11.0 Å². The summed E-state index contributed by atoms with van der Waals surface area (Å²) in [5.74, 6) is 0. The number of aliphatic hydroxyl groups is 4. The van der Waals surface area contributed by atoms with Gasteiger partial charge >= 0.3 is 0 Å². The van der Waals surface area contributed by atoms with Gasteiger partial charge in [0.15, 0.2) is 0 Å². The van der Waals surface area contributed by atoms with E-state index in [9.17, 15) is 0 Å². The van der Waals surface area contributed by atoms with Crippen LogP contribution in [0.25, 0.3) is 0 Å². The summed E-state index contributed by atoms with van der Waals surface area (Å²) in [7, 11) is 0. The monoisotopic (exact) mass is 214 g/mol. The smallest absolute Gasteiger partial charge is 0.110 e. The molecule has 6 nitrogen and oxygen atoms in total. The minimum absolute atomic E-state index is 0. The van der Waals surface area contributed by atoms with Gasteiger partial charge in [-0.25, -0.2) is 9.78 Å². The third-order valence-corrected chi connectivity index (χ3v) is 1.03. The van der Waals surface area contributed by atoms with Crippen LogP contribution in [0.15, 0.2) is 0 Å². The quantitative estimate of drug-likeness (QED) is 0.150. The van der Waals surface area contributed by atoms with Gasteiger partial charge in [0.05, 0.1) is 13.2 Å². The minimum Gasteiger partial charge on any atom is -0.394 e. The molecule has 0 aromatic carbocycles. The van der Waals surface area contributed by atoms with Crippen LogP contribution in [0, 0.1) is 0 Å². The van der Waals surface area contributed by atoms with Crippen molar-refractivity contribution in [1.82, 2.24) is 0 Å². The van der Waals surface area contributed by atoms with Gasteiger partial charge < -0.3 is 20.4 Å². The molecule has 2 atom stereocenters. The van der Waals surface area contributed by atoms with Crippen molar-refractivity contribution in [2.45, 2.75) is 12.2 Å². The van der Waals surface area contributed by atoms with Crippen molar-refractivity contribution in [3.8, 4) is 0 Å². The zero-order chi connectivity index (χ0) is 9.40. The number of hydrogen-bond acceptors (Lipinski definition) is 6. The van der Waals surface area contributed by atoms with Crippen LogP contribution >= 0.6 is 0 Å². The fraction of sp³-hybridized carbons (Fsp3) is 1.00. The van der Waals surface area contributed by atoms with E-state index in [4.69, 9.17) is 20.4 Å². The number of aliphatic hydroxyl groups excluding tert-OH is 4. The molecule has 0 aliphatic heterocycles. The summed E-state index contributed by atoms with van der Waals surface area (Å²) in [5.41, 5.74) is 0. The molecular weight excluding hydrogens is 196 g/mol. The van der Waals surface area contributed by atoms with E-state index in [2.05, 4.69) is 9.78 Å². The minimum atomic E-state index is -0.990. The van der Waals surface area contributed by atoms with Crippen molar-refractivity contribution in [1.29, 1.82) is 0 Å². The molecule has 0 spiro atoms. The van der Waals surface area contributed by atoms with E-state index in [1.165, 1.54) is 0 Å². The highest BCUT2D eigenvalue weighted by Gasteiger charge is 2.04. The van der Waals surface area contributed by atoms with Gasteiger partial charge in [-0.3, -0.25) is 0 Å². The van der Waals surface area contributed by atoms with Crippen LogP contribution in [0.1, 0.15) is 0 Å². The first kappa shape index (κ1) is 15.4. The predicted octanol–water partition coefficient (Wildman–Crippen LogP) is -3.81. The second kappa shape index (κ2) is 10.1. The van der Waals surface area contributed by atoms with E-state index < -0.39 is 25.4 Å². The summed E-state index contributed by atoms with van der Waals surface area (Å²) in [6.07, 6.45) is -1.98. The molecule has 0 amide bonds. The summed E-state index contributed by atoms with van der Waals surface area (Å²) in [6.45, 7) is -1.17. The molecule has 82 valence electrons. The largest absolute Gasteiger partial charge is 0.394 e. The Kier molecular flexibility index (Phi) is 12.0. The van der Waals surface area contributed by atoms with E-state index in [0.29, 0.717) is 0 Å². The van der Waals surface area contributed by atoms with E-state index in [1.54, 1.807) is 0 Å². The summed E-state index contributed by atoms with van der Waals surface area (Å²) in [5, 5.41) is 34.1. The van der Waals surface area contributed by atoms with Crippen LogP contribution in [0.2, 0.25) is 0 Å². The Hall–Kier alpha value is -0.0231. The molecule has 0 saturated heterocycles. The van der Waals surface area contributed by atoms with Crippen LogP contribution in [0.4, 0.5) is 0 Å². The molecule has 0 heterocycles. The molecule has 0 saturated carbocycles. The Morgan fingerprint density at radius 2 is 1.15 bits per heavy atom. The maximum atomic E-state index is 8.71. The van der Waals surface area contributed by atoms with E-state index in [-0.39, 0.29) is 24.2 Å². The van der Waals surface area contributed by atoms with Gasteiger partial charge in [-0.2, -0.15) is 0 Å². The van der Waals surface area contributed by atoms with Crippen molar-refractivity contribution in [2.75, 3.05) is 26.4 Å². The molecule has 2 unspecified atom stereocenters. The van der Waals surface area contributed by atoms with Gasteiger partial charge in [0.25, 0.3) is 0 Å². The second-order valence-electron chi connectivity index (χ2n) is 2.24. The van der Waals surface area contributed by atoms with Gasteiger partial charge in [0.1, 0.15) is 25.4 Å². The molecule has 0 aliphatic rings. The molecule has 13 heavy (non-hydrogen) atoms. The first-order valence-electron chi connectivity index (χ1n) is 3.53. The van der Waals surface area contributed by atoms with Crippen LogP contribution in [0.3, 0.4) is 0 Å². The van der Waals surface area contributed by atoms with Gasteiger partial charge in [0, 0.05) is 0 Å². The maximum Gasteiger partial charge on any atom is 0.110 e. The normalized spacial score (nSPS) is 14.8. The fourth-order valence-electron chi connectivity index (χ4n) is 0.359. The number of hydrogen-bond donors (Lipinski definition) is 4. The predicted molar refractivity (Wildman–Crippen MR) is 49.4 cm³/mol. The van der Waals surface area contributed by atoms with Gasteiger partial charge in [-0.15, -0.1) is 0 Å². The average Bonchev–Trinajstić information content (AvgIpc) is 2.11. The fourth-order valence-corrected chi connectivity index (χ4v) is 0.359. The lowest BCUT2D eigenvalue weighted by Crippen LogP contribution is -2.23. The van der Waals surface area contributed by atoms with Gasteiger partial charge in [-0.1, -0.05) is 0 Å². The molecule has 0 radical (unpaired) electrons. The topological polar surface area (TPSA) is 99.4 Å². The van der Waals surface area contributed by atoms with Crippen LogP contribution in [0.5, 0.6) is 0 Å². The first-order valence-corrected chi connectivity index (χ1v) is 3.53. The lowest BCUT2D eigenvalue weighted by atomic mass is 10.4. The van der Waals surface area contributed by atoms with Crippen molar-refractivity contribution in [3.05, 3.63) is 0 Å². The zero-order valence-corrected chi connectivity index (χ0v) is 6.59. The van der Waals surface area contributed by atoms with Crippen molar-refractivity contribution in [2.24, 2.45) is 0 Å². The molecule has 0 fully saturated rings. The first-order chi connectivity index (χ1) is 5.70. The highest BCUT2D eigenvalue weighted by molar-refractivity contribution is 5.75. The SMILES string of the molecule is OCC(O)COOCC(O)CO.[SiH4]. The third-order valence-electron chi connectivity index (χ3n) is 1.03. The lowest BCUT2D eigenvalue weighted by molar-refractivity contribution is -0.316. The average molecular weight is 214 g/mol. The highest BCUT2D eigenvalue weighted by atomic mass is 28.1. The standard InChI is InChI=1S/C6H14O6.H4Si/c7-1-5(9)3-11-12-4-6(10)2-8;/h5-10H,1-4H2;1H4. The van der Waals surface area contributed by atoms with Crippen LogP contribution in [-0.4, -0.2) is 70.0 Å². The molecule has 0 aromatic rings. The lowest BCUT2D eigenvalue weighted by Gasteiger charge is -2.09. The Morgan fingerprint density at radius 1 is 0.846 bits per heavy atom. The molecule has 0 aliphatic carbocycles. The van der Waals surface area contributed by atoms with E-state index in [1.807, 2.05) is 0 Å². The Morgan fingerprint density at radius 3 is 1.38 bits per heavy atom. The summed E-state index contributed by atoms with van der Waals surface area (Å²) >= 11 is 0. The highest BCUT2D eigenvalue weighted by Crippen LogP contribution is 1.88. The molecule has 0 rings (SSSR count). The molecule has 0 bridgehead atoms. The second-order valence-corrected chi connectivity index (χ2v) is 2.24. The molecular formula is C6H18O6Si. The van der Waals surface area contributed by atoms with Crippen molar-refractivity contribution < 1.29 is 30.2 Å².